The second-order valence-electron chi connectivity index (χ2n) is 7.98. The van der Waals surface area contributed by atoms with Crippen molar-refractivity contribution >= 4 is 16.8 Å². The van der Waals surface area contributed by atoms with Gasteiger partial charge in [-0.05, 0) is 44.0 Å². The molecule has 6 heteroatoms. The molecule has 6 nitrogen and oxygen atoms in total. The number of aromatic amines is 1. The summed E-state index contributed by atoms with van der Waals surface area (Å²) in [5.74, 6) is 0.214. The van der Waals surface area contributed by atoms with Gasteiger partial charge in [0.1, 0.15) is 5.56 Å². The fraction of sp³-hybridized carbons (Fsp3) is 0.231. The maximum atomic E-state index is 13.4. The molecule has 1 atom stereocenters. The van der Waals surface area contributed by atoms with E-state index in [0.717, 1.165) is 27.7 Å². The minimum Gasteiger partial charge on any atom is -0.482 e. The molecule has 0 radical (unpaired) electrons. The van der Waals surface area contributed by atoms with Gasteiger partial charge in [0, 0.05) is 23.2 Å². The average Bonchev–Trinajstić information content (AvgIpc) is 3.12. The van der Waals surface area contributed by atoms with E-state index in [1.807, 2.05) is 66.9 Å². The van der Waals surface area contributed by atoms with E-state index < -0.39 is 0 Å². The van der Waals surface area contributed by atoms with Gasteiger partial charge in [0.25, 0.3) is 11.5 Å². The lowest BCUT2D eigenvalue weighted by Crippen LogP contribution is -2.28. The van der Waals surface area contributed by atoms with E-state index in [9.17, 15) is 9.59 Å². The van der Waals surface area contributed by atoms with Crippen LogP contribution in [0.25, 0.3) is 10.9 Å². The van der Waals surface area contributed by atoms with Crippen molar-refractivity contribution in [2.45, 2.75) is 33.4 Å². The Balaban J connectivity index is 1.76. The van der Waals surface area contributed by atoms with Gasteiger partial charge in [-0.1, -0.05) is 48.5 Å². The Morgan fingerprint density at radius 1 is 1.09 bits per heavy atom. The maximum Gasteiger partial charge on any atom is 0.257 e. The van der Waals surface area contributed by atoms with E-state index in [1.165, 1.54) is 0 Å². The van der Waals surface area contributed by atoms with Crippen LogP contribution in [0.2, 0.25) is 0 Å². The first-order chi connectivity index (χ1) is 15.4. The third-order valence-electron chi connectivity index (χ3n) is 5.87. The van der Waals surface area contributed by atoms with Crippen molar-refractivity contribution in [1.82, 2.24) is 14.9 Å². The number of H-pyrrole nitrogens is 1. The summed E-state index contributed by atoms with van der Waals surface area (Å²) in [4.78, 5) is 28.5. The van der Waals surface area contributed by atoms with E-state index in [-0.39, 0.29) is 24.1 Å². The molecule has 4 rings (SSSR count). The van der Waals surface area contributed by atoms with Crippen LogP contribution in [0.3, 0.4) is 0 Å². The van der Waals surface area contributed by atoms with E-state index in [4.69, 9.17) is 4.74 Å². The predicted octanol–water partition coefficient (Wildman–Crippen LogP) is 4.49. The number of methoxy groups -OCH3 is 1. The van der Waals surface area contributed by atoms with E-state index >= 15 is 0 Å². The van der Waals surface area contributed by atoms with Crippen molar-refractivity contribution in [1.29, 1.82) is 0 Å². The van der Waals surface area contributed by atoms with Gasteiger partial charge in [-0.2, -0.15) is 0 Å². The van der Waals surface area contributed by atoms with Crippen LogP contribution >= 0.6 is 0 Å². The van der Waals surface area contributed by atoms with Gasteiger partial charge in [-0.25, -0.2) is 0 Å². The van der Waals surface area contributed by atoms with Gasteiger partial charge in [0.15, 0.2) is 0 Å². The molecule has 0 aliphatic heterocycles. The monoisotopic (exact) mass is 429 g/mol. The summed E-state index contributed by atoms with van der Waals surface area (Å²) in [5, 5.41) is 3.73. The van der Waals surface area contributed by atoms with Crippen LogP contribution in [0.5, 0.6) is 5.88 Å². The predicted molar refractivity (Wildman–Crippen MR) is 126 cm³/mol. The molecule has 2 aromatic carbocycles. The Morgan fingerprint density at radius 3 is 2.47 bits per heavy atom. The molecule has 4 aromatic rings. The third-order valence-corrected chi connectivity index (χ3v) is 5.87. The first-order valence-electron chi connectivity index (χ1n) is 10.6. The molecule has 1 unspecified atom stereocenters. The molecule has 0 bridgehead atoms. The Kier molecular flexibility index (Phi) is 5.86. The number of fused-ring (bicyclic) bond motifs is 1. The zero-order valence-corrected chi connectivity index (χ0v) is 18.7. The highest BCUT2D eigenvalue weighted by molar-refractivity contribution is 6.09. The number of rotatable bonds is 6. The van der Waals surface area contributed by atoms with Gasteiger partial charge in [0.05, 0.1) is 18.7 Å². The van der Waals surface area contributed by atoms with Crippen LogP contribution in [-0.2, 0) is 6.54 Å². The summed E-state index contributed by atoms with van der Waals surface area (Å²) < 4.78 is 7.82. The molecule has 2 aromatic heterocycles. The molecule has 164 valence electrons. The largest absolute Gasteiger partial charge is 0.482 e. The minimum absolute atomic E-state index is 0.0419. The van der Waals surface area contributed by atoms with Crippen molar-refractivity contribution in [3.05, 3.63) is 99.0 Å². The lowest BCUT2D eigenvalue weighted by Gasteiger charge is -2.19. The van der Waals surface area contributed by atoms with E-state index in [1.54, 1.807) is 7.11 Å². The summed E-state index contributed by atoms with van der Waals surface area (Å²) in [6.07, 6.45) is 0. The number of para-hydroxylation sites is 1. The topological polar surface area (TPSA) is 76.1 Å². The Bertz CT molecular complexity index is 1340. The van der Waals surface area contributed by atoms with Gasteiger partial charge >= 0.3 is 0 Å². The molecule has 0 saturated carbocycles. The van der Waals surface area contributed by atoms with Crippen LogP contribution in [0.15, 0.2) is 65.5 Å². The molecule has 2 N–H and O–H groups in total. The van der Waals surface area contributed by atoms with Crippen LogP contribution in [0.1, 0.15) is 45.7 Å². The number of amides is 1. The number of hydrogen-bond donors (Lipinski definition) is 2. The number of carbonyl (C=O) groups is 1. The average molecular weight is 430 g/mol. The second kappa shape index (κ2) is 8.75. The Labute approximate surface area is 186 Å². The fourth-order valence-corrected chi connectivity index (χ4v) is 4.28. The van der Waals surface area contributed by atoms with Crippen LogP contribution in [0.4, 0.5) is 0 Å². The highest BCUT2D eigenvalue weighted by atomic mass is 16.5. The number of nitrogens with zero attached hydrogens (tertiary/aromatic N) is 1. The molecule has 1 amide bonds. The first kappa shape index (κ1) is 21.4. The molecule has 0 aliphatic carbocycles. The second-order valence-corrected chi connectivity index (χ2v) is 7.98. The molecular formula is C26H27N3O3. The summed E-state index contributed by atoms with van der Waals surface area (Å²) in [5.41, 5.74) is 4.49. The number of hydrogen-bond acceptors (Lipinski definition) is 3. The zero-order chi connectivity index (χ0) is 22.8. The summed E-state index contributed by atoms with van der Waals surface area (Å²) in [7, 11) is 1.58. The number of nitrogens with one attached hydrogen (secondary N) is 2. The number of benzene rings is 2. The molecule has 2 heterocycles. The van der Waals surface area contributed by atoms with Gasteiger partial charge in [0.2, 0.25) is 5.88 Å². The molecule has 32 heavy (non-hydrogen) atoms. The highest BCUT2D eigenvalue weighted by Gasteiger charge is 2.26. The molecule has 0 aliphatic rings. The van der Waals surface area contributed by atoms with Crippen LogP contribution in [0, 0.1) is 13.8 Å². The van der Waals surface area contributed by atoms with Gasteiger partial charge < -0.3 is 19.6 Å². The van der Waals surface area contributed by atoms with Crippen molar-refractivity contribution in [2.24, 2.45) is 0 Å². The zero-order valence-electron chi connectivity index (χ0n) is 18.7. The quantitative estimate of drug-likeness (QED) is 0.474. The SMILES string of the molecule is COc1c(C(=O)NCc2c(C)cc(C)[nH]c2=O)c2ccccc2n1C(C)c1ccccc1. The van der Waals surface area contributed by atoms with Crippen LogP contribution < -0.4 is 15.6 Å². The van der Waals surface area contributed by atoms with Gasteiger partial charge in [-0.3, -0.25) is 9.59 Å². The smallest absolute Gasteiger partial charge is 0.257 e. The number of aromatic nitrogens is 2. The molecule has 0 saturated heterocycles. The number of aryl methyl sites for hydroxylation is 2. The summed E-state index contributed by atoms with van der Waals surface area (Å²) in [6, 6.07) is 19.7. The molecular weight excluding hydrogens is 402 g/mol. The molecule has 0 spiro atoms. The minimum atomic E-state index is -0.281. The summed E-state index contributed by atoms with van der Waals surface area (Å²) in [6.45, 7) is 5.93. The fourth-order valence-electron chi connectivity index (χ4n) is 4.28. The number of pyridine rings is 1. The van der Waals surface area contributed by atoms with Crippen molar-refractivity contribution in [3.63, 3.8) is 0 Å². The number of ether oxygens (including phenoxy) is 1. The van der Waals surface area contributed by atoms with Crippen molar-refractivity contribution in [3.8, 4) is 5.88 Å². The first-order valence-corrected chi connectivity index (χ1v) is 10.6. The van der Waals surface area contributed by atoms with Gasteiger partial charge in [-0.15, -0.1) is 0 Å². The van der Waals surface area contributed by atoms with Crippen LogP contribution in [-0.4, -0.2) is 22.6 Å². The number of carbonyl (C=O) groups excluding carboxylic acids is 1. The van der Waals surface area contributed by atoms with E-state index in [2.05, 4.69) is 29.4 Å². The van der Waals surface area contributed by atoms with Crippen molar-refractivity contribution in [2.75, 3.05) is 7.11 Å². The maximum absolute atomic E-state index is 13.4. The lowest BCUT2D eigenvalue weighted by atomic mass is 10.1. The third kappa shape index (κ3) is 3.80. The standard InChI is InChI=1S/C26H27N3O3/c1-16-14-17(2)28-24(30)21(16)15-27-25(31)23-20-12-8-9-13-22(20)29(26(23)32-4)18(3)19-10-6-5-7-11-19/h5-14,18H,15H2,1-4H3,(H,27,31)(H,28,30). The normalized spacial score (nSPS) is 12.0. The summed E-state index contributed by atoms with van der Waals surface area (Å²) >= 11 is 0. The Hall–Kier alpha value is -3.80. The highest BCUT2D eigenvalue weighted by Crippen LogP contribution is 2.37. The Morgan fingerprint density at radius 2 is 1.78 bits per heavy atom. The molecule has 0 fully saturated rings. The van der Waals surface area contributed by atoms with E-state index in [0.29, 0.717) is 17.0 Å². The lowest BCUT2D eigenvalue weighted by molar-refractivity contribution is 0.0948. The van der Waals surface area contributed by atoms with Crippen molar-refractivity contribution < 1.29 is 9.53 Å².